The van der Waals surface area contributed by atoms with E-state index in [1.54, 1.807) is 20.8 Å². The lowest BCUT2D eigenvalue weighted by Gasteiger charge is -2.42. The summed E-state index contributed by atoms with van der Waals surface area (Å²) in [4.78, 5) is 27.1. The predicted molar refractivity (Wildman–Crippen MR) is 116 cm³/mol. The maximum absolute atomic E-state index is 12.6. The summed E-state index contributed by atoms with van der Waals surface area (Å²) in [7, 11) is -2.44. The van der Waals surface area contributed by atoms with Gasteiger partial charge >= 0.3 is 5.97 Å². The third-order valence-electron chi connectivity index (χ3n) is 4.95. The molecule has 30 heavy (non-hydrogen) atoms. The molecule has 11 heteroatoms. The Morgan fingerprint density at radius 3 is 2.10 bits per heavy atom. The number of aliphatic hydroxyl groups is 2. The summed E-state index contributed by atoms with van der Waals surface area (Å²) in [6.07, 6.45) is -2.37. The summed E-state index contributed by atoms with van der Waals surface area (Å²) in [5, 5.41) is 25.8. The van der Waals surface area contributed by atoms with Gasteiger partial charge in [-0.3, -0.25) is 9.59 Å². The molecule has 4 atom stereocenters. The molecule has 0 aliphatic rings. The number of hydrogen-bond donors (Lipinski definition) is 3. The van der Waals surface area contributed by atoms with Gasteiger partial charge in [-0.05, 0) is 50.9 Å². The van der Waals surface area contributed by atoms with Gasteiger partial charge in [-0.15, -0.1) is 0 Å². The summed E-state index contributed by atoms with van der Waals surface area (Å²) in [6, 6.07) is -2.24. The Morgan fingerprint density at radius 1 is 1.20 bits per heavy atom. The van der Waals surface area contributed by atoms with E-state index in [4.69, 9.17) is 14.7 Å². The van der Waals surface area contributed by atoms with Crippen LogP contribution in [-0.2, 0) is 18.8 Å². The molecule has 10 nitrogen and oxygen atoms in total. The number of ether oxygens (including phenoxy) is 1. The predicted octanol–water partition coefficient (Wildman–Crippen LogP) is 2.65. The van der Waals surface area contributed by atoms with Crippen molar-refractivity contribution < 1.29 is 29.0 Å². The number of hydrogen-bond acceptors (Lipinski definition) is 7. The van der Waals surface area contributed by atoms with Crippen LogP contribution in [-0.4, -0.2) is 66.9 Å². The minimum atomic E-state index is -2.44. The molecule has 0 aliphatic heterocycles. The fraction of sp³-hybridized carbons (Fsp3) is 0.895. The van der Waals surface area contributed by atoms with Crippen molar-refractivity contribution in [1.82, 2.24) is 5.32 Å². The van der Waals surface area contributed by atoms with Gasteiger partial charge in [-0.25, -0.2) is 0 Å². The van der Waals surface area contributed by atoms with E-state index in [9.17, 15) is 19.8 Å². The van der Waals surface area contributed by atoms with Crippen LogP contribution >= 0.6 is 0 Å². The van der Waals surface area contributed by atoms with Crippen molar-refractivity contribution in [2.75, 3.05) is 6.61 Å². The zero-order valence-corrected chi connectivity index (χ0v) is 20.6. The van der Waals surface area contributed by atoms with Gasteiger partial charge in [-0.1, -0.05) is 25.9 Å². The molecule has 0 unspecified atom stereocenters. The van der Waals surface area contributed by atoms with E-state index < -0.39 is 56.7 Å². The number of esters is 1. The van der Waals surface area contributed by atoms with Crippen LogP contribution in [0.3, 0.4) is 0 Å². The molecule has 0 heterocycles. The average molecular weight is 447 g/mol. The van der Waals surface area contributed by atoms with Crippen LogP contribution in [0.4, 0.5) is 0 Å². The highest BCUT2D eigenvalue weighted by Gasteiger charge is 2.43. The summed E-state index contributed by atoms with van der Waals surface area (Å²) in [5.74, 6) is -1.17. The number of rotatable bonds is 10. The fourth-order valence-corrected chi connectivity index (χ4v) is 3.80. The topological polar surface area (TPSA) is 154 Å². The number of carbonyl (C=O) groups is 2. The molecule has 3 N–H and O–H groups in total. The van der Waals surface area contributed by atoms with Crippen molar-refractivity contribution >= 4 is 20.2 Å². The van der Waals surface area contributed by atoms with Crippen molar-refractivity contribution in [3.05, 3.63) is 10.4 Å². The Kier molecular flexibility index (Phi) is 10.5. The zero-order valence-electron chi connectivity index (χ0n) is 19.6. The molecular weight excluding hydrogens is 408 g/mol. The summed E-state index contributed by atoms with van der Waals surface area (Å²) in [5.41, 5.74) is 8.16. The molecule has 174 valence electrons. The van der Waals surface area contributed by atoms with Crippen LogP contribution in [0.25, 0.3) is 10.4 Å². The molecule has 0 radical (unpaired) electrons. The maximum atomic E-state index is 12.6. The Hall–Kier alpha value is -1.65. The van der Waals surface area contributed by atoms with Gasteiger partial charge in [0.05, 0.1) is 24.9 Å². The molecule has 0 bridgehead atoms. The van der Waals surface area contributed by atoms with Crippen molar-refractivity contribution in [2.45, 2.75) is 103 Å². The number of aliphatic hydroxyl groups excluding tert-OH is 2. The largest absolute Gasteiger partial charge is 0.460 e. The molecular formula is C19H38N4O6Si. The molecule has 0 aromatic heterocycles. The van der Waals surface area contributed by atoms with Gasteiger partial charge in [0.1, 0.15) is 11.6 Å². The van der Waals surface area contributed by atoms with Crippen LogP contribution in [0.1, 0.15) is 54.9 Å². The van der Waals surface area contributed by atoms with Gasteiger partial charge in [0.2, 0.25) is 5.91 Å². The molecule has 0 aromatic rings. The molecule has 0 aromatic carbocycles. The third-order valence-corrected chi connectivity index (χ3v) is 9.45. The van der Waals surface area contributed by atoms with Crippen molar-refractivity contribution in [1.29, 1.82) is 0 Å². The smallest absolute Gasteiger partial charge is 0.315 e. The monoisotopic (exact) mass is 446 g/mol. The lowest BCUT2D eigenvalue weighted by molar-refractivity contribution is -0.157. The highest BCUT2D eigenvalue weighted by Crippen LogP contribution is 2.38. The summed E-state index contributed by atoms with van der Waals surface area (Å²) >= 11 is 0. The second-order valence-corrected chi connectivity index (χ2v) is 14.6. The van der Waals surface area contributed by atoms with Gasteiger partial charge in [-0.2, -0.15) is 0 Å². The fourth-order valence-electron chi connectivity index (χ4n) is 2.45. The Balaban J connectivity index is 6.13. The highest BCUT2D eigenvalue weighted by molar-refractivity contribution is 6.74. The molecule has 0 rings (SSSR count). The Bertz CT molecular complexity index is 638. The van der Waals surface area contributed by atoms with Gasteiger partial charge in [0.15, 0.2) is 8.32 Å². The van der Waals surface area contributed by atoms with Crippen molar-refractivity contribution in [2.24, 2.45) is 5.11 Å². The molecule has 0 aliphatic carbocycles. The van der Waals surface area contributed by atoms with Crippen molar-refractivity contribution in [3.8, 4) is 0 Å². The highest BCUT2D eigenvalue weighted by atomic mass is 28.4. The van der Waals surface area contributed by atoms with E-state index in [0.29, 0.717) is 0 Å². The van der Waals surface area contributed by atoms with Crippen LogP contribution in [0.5, 0.6) is 0 Å². The number of nitrogens with zero attached hydrogens (tertiary/aromatic N) is 3. The van der Waals surface area contributed by atoms with Crippen LogP contribution < -0.4 is 5.32 Å². The first-order valence-electron chi connectivity index (χ1n) is 9.96. The average Bonchev–Trinajstić information content (AvgIpc) is 2.54. The van der Waals surface area contributed by atoms with Crippen LogP contribution in [0.15, 0.2) is 5.11 Å². The standard InChI is InChI=1S/C19H38N4O6Si/c1-12(25)21-16(14(26)11-24)15(29-30(8,9)19(5,6)7)10-13(22-23-20)17(27)28-18(2,3)4/h13-16,24,26H,10-11H2,1-9H3,(H,21,25)/t13-,14+,15-,16-/m0/s1. The van der Waals surface area contributed by atoms with Gasteiger partial charge < -0.3 is 24.7 Å². The molecule has 1 amide bonds. The lowest BCUT2D eigenvalue weighted by atomic mass is 9.98. The number of carbonyl (C=O) groups excluding carboxylic acids is 2. The van der Waals surface area contributed by atoms with E-state index in [1.165, 1.54) is 6.92 Å². The van der Waals surface area contributed by atoms with E-state index in [2.05, 4.69) is 15.3 Å². The molecule has 0 fully saturated rings. The first-order valence-corrected chi connectivity index (χ1v) is 12.9. The second-order valence-electron chi connectivity index (χ2n) is 9.88. The molecule has 0 spiro atoms. The SMILES string of the molecule is CC(=O)N[C@@H]([C@H](O)CO)[C@H](C[C@H](N=[N+]=[N-])C(=O)OC(C)(C)C)O[Si](C)(C)C(C)(C)C. The van der Waals surface area contributed by atoms with E-state index in [1.807, 2.05) is 33.9 Å². The minimum Gasteiger partial charge on any atom is -0.460 e. The van der Waals surface area contributed by atoms with Crippen LogP contribution in [0.2, 0.25) is 18.1 Å². The normalized spacial score (nSPS) is 16.6. The minimum absolute atomic E-state index is 0.131. The zero-order chi connectivity index (χ0) is 23.9. The van der Waals surface area contributed by atoms with E-state index in [0.717, 1.165) is 0 Å². The van der Waals surface area contributed by atoms with Crippen molar-refractivity contribution in [3.63, 3.8) is 0 Å². The van der Waals surface area contributed by atoms with Gasteiger partial charge in [0, 0.05) is 11.8 Å². The van der Waals surface area contributed by atoms with E-state index in [-0.39, 0.29) is 11.5 Å². The molecule has 0 saturated heterocycles. The first-order chi connectivity index (χ1) is 13.4. The van der Waals surface area contributed by atoms with Crippen LogP contribution in [0, 0.1) is 0 Å². The lowest BCUT2D eigenvalue weighted by Crippen LogP contribution is -2.57. The second kappa shape index (κ2) is 11.1. The van der Waals surface area contributed by atoms with E-state index >= 15 is 0 Å². The maximum Gasteiger partial charge on any atom is 0.315 e. The first kappa shape index (κ1) is 28.3. The third kappa shape index (κ3) is 9.44. The van der Waals surface area contributed by atoms with Gasteiger partial charge in [0.25, 0.3) is 0 Å². The number of amides is 1. The quantitative estimate of drug-likeness (QED) is 0.154. The summed E-state index contributed by atoms with van der Waals surface area (Å²) in [6.45, 7) is 15.7. The molecule has 0 saturated carbocycles. The summed E-state index contributed by atoms with van der Waals surface area (Å²) < 4.78 is 11.8. The Morgan fingerprint density at radius 2 is 1.73 bits per heavy atom. The number of nitrogens with one attached hydrogen (secondary N) is 1. The number of azide groups is 1. The Labute approximate surface area is 180 Å².